The van der Waals surface area contributed by atoms with Gasteiger partial charge in [0.15, 0.2) is 0 Å². The number of nitrogens with two attached hydrogens (primary N) is 1. The highest BCUT2D eigenvalue weighted by molar-refractivity contribution is 7.89. The lowest BCUT2D eigenvalue weighted by molar-refractivity contribution is 0.271. The maximum absolute atomic E-state index is 12.6. The summed E-state index contributed by atoms with van der Waals surface area (Å²) in [5, 5.41) is 0. The number of nitrogens with zero attached hydrogens (tertiary/aromatic N) is 1. The fourth-order valence-electron chi connectivity index (χ4n) is 4.41. The molecule has 2 N–H and O–H groups in total. The van der Waals surface area contributed by atoms with Gasteiger partial charge in [-0.2, -0.15) is 0 Å². The number of sulfonamides is 1. The van der Waals surface area contributed by atoms with Crippen LogP contribution in [-0.2, 0) is 10.0 Å². The molecule has 0 amide bonds. The lowest BCUT2D eigenvalue weighted by Gasteiger charge is -2.28. The van der Waals surface area contributed by atoms with E-state index in [1.807, 2.05) is 0 Å². The minimum absolute atomic E-state index is 0.289. The summed E-state index contributed by atoms with van der Waals surface area (Å²) in [5.41, 5.74) is 6.03. The molecule has 3 fully saturated rings. The van der Waals surface area contributed by atoms with Crippen LogP contribution in [0.25, 0.3) is 0 Å². The highest BCUT2D eigenvalue weighted by atomic mass is 32.2. The van der Waals surface area contributed by atoms with Crippen molar-refractivity contribution in [3.63, 3.8) is 0 Å². The van der Waals surface area contributed by atoms with Crippen LogP contribution in [0.1, 0.15) is 51.4 Å². The predicted octanol–water partition coefficient (Wildman–Crippen LogP) is 1.96. The van der Waals surface area contributed by atoms with Gasteiger partial charge in [-0.1, -0.05) is 19.3 Å². The van der Waals surface area contributed by atoms with Gasteiger partial charge < -0.3 is 5.73 Å². The quantitative estimate of drug-likeness (QED) is 0.866. The van der Waals surface area contributed by atoms with Crippen molar-refractivity contribution in [3.05, 3.63) is 0 Å². The Balaban J connectivity index is 1.60. The molecule has 0 aromatic heterocycles. The van der Waals surface area contributed by atoms with E-state index in [0.717, 1.165) is 45.2 Å². The Bertz CT molecular complexity index is 431. The Morgan fingerprint density at radius 1 is 0.950 bits per heavy atom. The molecule has 20 heavy (non-hydrogen) atoms. The van der Waals surface area contributed by atoms with E-state index in [1.165, 1.54) is 19.3 Å². The number of hydrogen-bond donors (Lipinski definition) is 1. The van der Waals surface area contributed by atoms with Crippen LogP contribution in [0.5, 0.6) is 0 Å². The van der Waals surface area contributed by atoms with E-state index in [9.17, 15) is 8.42 Å². The summed E-state index contributed by atoms with van der Waals surface area (Å²) in [4.78, 5) is 0. The molecule has 0 bridgehead atoms. The Morgan fingerprint density at radius 2 is 1.65 bits per heavy atom. The first-order valence-electron chi connectivity index (χ1n) is 8.28. The molecule has 1 aliphatic heterocycles. The molecule has 2 saturated carbocycles. The Hall–Kier alpha value is -0.130. The molecule has 0 radical (unpaired) electrons. The van der Waals surface area contributed by atoms with Crippen molar-refractivity contribution in [2.45, 2.75) is 57.4 Å². The number of rotatable bonds is 3. The SMILES string of the molecule is NC1CC[C@@H]2CN(S(=O)(=O)CC3CCCCC3)C[C@@H]2C1. The normalized spacial score (nSPS) is 37.0. The molecule has 1 unspecified atom stereocenters. The van der Waals surface area contributed by atoms with Crippen molar-refractivity contribution in [2.75, 3.05) is 18.8 Å². The summed E-state index contributed by atoms with van der Waals surface area (Å²) in [6.45, 7) is 1.49. The largest absolute Gasteiger partial charge is 0.328 e. The van der Waals surface area contributed by atoms with Gasteiger partial charge in [0.25, 0.3) is 0 Å². The third-order valence-corrected chi connectivity index (χ3v) is 7.60. The smallest absolute Gasteiger partial charge is 0.214 e. The van der Waals surface area contributed by atoms with Gasteiger partial charge in [0.05, 0.1) is 5.75 Å². The molecule has 2 aliphatic carbocycles. The Kier molecular flexibility index (Phi) is 4.39. The van der Waals surface area contributed by atoms with Crippen molar-refractivity contribution in [3.8, 4) is 0 Å². The van der Waals surface area contributed by atoms with Gasteiger partial charge in [-0.15, -0.1) is 0 Å². The number of fused-ring (bicyclic) bond motifs is 1. The fourth-order valence-corrected chi connectivity index (χ4v) is 6.39. The third-order valence-electron chi connectivity index (χ3n) is 5.62. The van der Waals surface area contributed by atoms with E-state index in [4.69, 9.17) is 5.73 Å². The first-order chi connectivity index (χ1) is 9.54. The van der Waals surface area contributed by atoms with Gasteiger partial charge in [0, 0.05) is 19.1 Å². The highest BCUT2D eigenvalue weighted by Gasteiger charge is 2.41. The molecular formula is C15H28N2O2S. The van der Waals surface area contributed by atoms with Gasteiger partial charge >= 0.3 is 0 Å². The minimum Gasteiger partial charge on any atom is -0.328 e. The van der Waals surface area contributed by atoms with Crippen LogP contribution in [0.2, 0.25) is 0 Å². The van der Waals surface area contributed by atoms with Crippen LogP contribution in [-0.4, -0.2) is 37.6 Å². The maximum Gasteiger partial charge on any atom is 0.214 e. The average Bonchev–Trinajstić information content (AvgIpc) is 2.83. The van der Waals surface area contributed by atoms with Crippen molar-refractivity contribution < 1.29 is 8.42 Å². The lowest BCUT2D eigenvalue weighted by atomic mass is 9.79. The van der Waals surface area contributed by atoms with E-state index < -0.39 is 10.0 Å². The second kappa shape index (κ2) is 5.93. The summed E-state index contributed by atoms with van der Waals surface area (Å²) in [7, 11) is -3.04. The van der Waals surface area contributed by atoms with Crippen LogP contribution in [0.4, 0.5) is 0 Å². The first-order valence-corrected chi connectivity index (χ1v) is 9.89. The second-order valence-corrected chi connectivity index (χ2v) is 9.21. The van der Waals surface area contributed by atoms with Gasteiger partial charge in [0.1, 0.15) is 0 Å². The predicted molar refractivity (Wildman–Crippen MR) is 80.7 cm³/mol. The molecule has 3 rings (SSSR count). The molecule has 0 aromatic rings. The van der Waals surface area contributed by atoms with Crippen molar-refractivity contribution in [1.29, 1.82) is 0 Å². The van der Waals surface area contributed by atoms with Crippen LogP contribution in [0, 0.1) is 17.8 Å². The van der Waals surface area contributed by atoms with E-state index in [2.05, 4.69) is 0 Å². The number of hydrogen-bond acceptors (Lipinski definition) is 3. The van der Waals surface area contributed by atoms with Crippen LogP contribution in [0.15, 0.2) is 0 Å². The van der Waals surface area contributed by atoms with Gasteiger partial charge in [-0.25, -0.2) is 12.7 Å². The molecule has 1 saturated heterocycles. The molecule has 0 aromatic carbocycles. The van der Waals surface area contributed by atoms with Crippen molar-refractivity contribution in [1.82, 2.24) is 4.31 Å². The fraction of sp³-hybridized carbons (Fsp3) is 1.00. The minimum atomic E-state index is -3.04. The van der Waals surface area contributed by atoms with E-state index in [0.29, 0.717) is 23.5 Å². The summed E-state index contributed by atoms with van der Waals surface area (Å²) in [5.74, 6) is 1.87. The second-order valence-electron chi connectivity index (χ2n) is 7.19. The van der Waals surface area contributed by atoms with Gasteiger partial charge in [-0.3, -0.25) is 0 Å². The maximum atomic E-state index is 12.6. The van der Waals surface area contributed by atoms with E-state index in [1.54, 1.807) is 4.31 Å². The molecule has 1 heterocycles. The molecule has 0 spiro atoms. The zero-order chi connectivity index (χ0) is 14.2. The molecular weight excluding hydrogens is 272 g/mol. The zero-order valence-corrected chi connectivity index (χ0v) is 13.2. The van der Waals surface area contributed by atoms with E-state index >= 15 is 0 Å². The highest BCUT2D eigenvalue weighted by Crippen LogP contribution is 2.37. The van der Waals surface area contributed by atoms with Crippen LogP contribution >= 0.6 is 0 Å². The first kappa shape index (κ1) is 14.8. The zero-order valence-electron chi connectivity index (χ0n) is 12.3. The molecule has 5 heteroatoms. The summed E-state index contributed by atoms with van der Waals surface area (Å²) < 4.78 is 27.0. The average molecular weight is 300 g/mol. The monoisotopic (exact) mass is 300 g/mol. The van der Waals surface area contributed by atoms with Crippen LogP contribution in [0.3, 0.4) is 0 Å². The summed E-state index contributed by atoms with van der Waals surface area (Å²) in [6.07, 6.45) is 9.09. The molecule has 3 atom stereocenters. The standard InChI is InChI=1S/C15H28N2O2S/c16-15-7-6-13-9-17(10-14(13)8-15)20(18,19)11-12-4-2-1-3-5-12/h12-15H,1-11,16H2/t13-,14+,15?/m1/s1. The van der Waals surface area contributed by atoms with Crippen molar-refractivity contribution in [2.24, 2.45) is 23.5 Å². The van der Waals surface area contributed by atoms with Gasteiger partial charge in [-0.05, 0) is 49.9 Å². The Labute approximate surface area is 123 Å². The summed E-state index contributed by atoms with van der Waals surface area (Å²) >= 11 is 0. The summed E-state index contributed by atoms with van der Waals surface area (Å²) in [6, 6.07) is 0.289. The van der Waals surface area contributed by atoms with Gasteiger partial charge in [0.2, 0.25) is 10.0 Å². The molecule has 3 aliphatic rings. The van der Waals surface area contributed by atoms with Crippen LogP contribution < -0.4 is 5.73 Å². The Morgan fingerprint density at radius 3 is 2.40 bits per heavy atom. The molecule has 4 nitrogen and oxygen atoms in total. The molecule has 116 valence electrons. The van der Waals surface area contributed by atoms with E-state index in [-0.39, 0.29) is 6.04 Å². The van der Waals surface area contributed by atoms with Crippen molar-refractivity contribution >= 4 is 10.0 Å². The topological polar surface area (TPSA) is 63.4 Å². The third kappa shape index (κ3) is 3.20. The lowest BCUT2D eigenvalue weighted by Crippen LogP contribution is -2.34.